The van der Waals surface area contributed by atoms with Gasteiger partial charge in [-0.3, -0.25) is 4.90 Å². The first-order valence-electron chi connectivity index (χ1n) is 6.63. The molecule has 0 saturated carbocycles. The average Bonchev–Trinajstić information content (AvgIpc) is 2.57. The molecule has 0 spiro atoms. The Bertz CT molecular complexity index is 450. The topological polar surface area (TPSA) is 27.0 Å². The molecule has 0 aliphatic carbocycles. The Hall–Kier alpha value is -1.04. The lowest BCUT2D eigenvalue weighted by Gasteiger charge is -2.27. The predicted molar refractivity (Wildman–Crippen MR) is 74.5 cm³/mol. The zero-order chi connectivity index (χ0) is 13.0. The highest BCUT2D eigenvalue weighted by molar-refractivity contribution is 6.31. The Kier molecular flexibility index (Phi) is 4.63. The van der Waals surface area contributed by atoms with E-state index >= 15 is 0 Å². The van der Waals surface area contributed by atoms with Crippen molar-refractivity contribution in [2.45, 2.75) is 45.2 Å². The molecule has 96 valence electrons. The van der Waals surface area contributed by atoms with E-state index < -0.39 is 0 Å². The summed E-state index contributed by atoms with van der Waals surface area (Å²) in [5, 5.41) is 9.55. The van der Waals surface area contributed by atoms with Crippen molar-refractivity contribution < 1.29 is 0 Å². The summed E-state index contributed by atoms with van der Waals surface area (Å²) in [4.78, 5) is 2.50. The van der Waals surface area contributed by atoms with Crippen molar-refractivity contribution in [1.29, 1.82) is 5.26 Å². The van der Waals surface area contributed by atoms with E-state index in [4.69, 9.17) is 16.9 Å². The molecule has 1 fully saturated rings. The lowest BCUT2D eigenvalue weighted by atomic mass is 10.1. The number of hydrogen-bond acceptors (Lipinski definition) is 2. The molecular weight excluding hydrogens is 244 g/mol. The zero-order valence-corrected chi connectivity index (χ0v) is 11.6. The van der Waals surface area contributed by atoms with Gasteiger partial charge in [-0.15, -0.1) is 0 Å². The van der Waals surface area contributed by atoms with Gasteiger partial charge in [0.15, 0.2) is 0 Å². The summed E-state index contributed by atoms with van der Waals surface area (Å²) >= 11 is 6.24. The van der Waals surface area contributed by atoms with E-state index in [2.05, 4.69) is 17.9 Å². The van der Waals surface area contributed by atoms with E-state index in [0.717, 1.165) is 18.7 Å². The first-order valence-corrected chi connectivity index (χ1v) is 7.01. The van der Waals surface area contributed by atoms with Crippen LogP contribution in [-0.4, -0.2) is 17.5 Å². The second-order valence-electron chi connectivity index (χ2n) is 5.09. The second kappa shape index (κ2) is 6.22. The molecule has 1 heterocycles. The fraction of sp³-hybridized carbons (Fsp3) is 0.533. The van der Waals surface area contributed by atoms with E-state index in [1.807, 2.05) is 12.1 Å². The molecule has 1 aromatic carbocycles. The van der Waals surface area contributed by atoms with Gasteiger partial charge in [-0.1, -0.05) is 30.5 Å². The van der Waals surface area contributed by atoms with E-state index in [0.29, 0.717) is 16.6 Å². The van der Waals surface area contributed by atoms with Crippen molar-refractivity contribution in [1.82, 2.24) is 4.90 Å². The van der Waals surface area contributed by atoms with Crippen molar-refractivity contribution in [3.8, 4) is 6.07 Å². The van der Waals surface area contributed by atoms with Crippen LogP contribution in [-0.2, 0) is 6.54 Å². The first-order chi connectivity index (χ1) is 8.70. The molecule has 3 heteroatoms. The summed E-state index contributed by atoms with van der Waals surface area (Å²) in [6, 6.07) is 8.34. The molecule has 1 aliphatic heterocycles. The van der Waals surface area contributed by atoms with Crippen LogP contribution >= 0.6 is 11.6 Å². The molecule has 0 amide bonds. The van der Waals surface area contributed by atoms with Crippen LogP contribution in [0.3, 0.4) is 0 Å². The molecule has 0 bridgehead atoms. The van der Waals surface area contributed by atoms with Gasteiger partial charge < -0.3 is 0 Å². The van der Waals surface area contributed by atoms with Crippen molar-refractivity contribution in [2.24, 2.45) is 0 Å². The molecule has 2 nitrogen and oxygen atoms in total. The van der Waals surface area contributed by atoms with Gasteiger partial charge in [0.05, 0.1) is 11.6 Å². The Morgan fingerprint density at radius 3 is 2.94 bits per heavy atom. The van der Waals surface area contributed by atoms with E-state index in [9.17, 15) is 0 Å². The van der Waals surface area contributed by atoms with Crippen LogP contribution in [0.2, 0.25) is 5.02 Å². The fourth-order valence-electron chi connectivity index (χ4n) is 2.53. The van der Waals surface area contributed by atoms with Gasteiger partial charge in [-0.2, -0.15) is 5.26 Å². The van der Waals surface area contributed by atoms with Crippen molar-refractivity contribution in [3.05, 3.63) is 34.3 Å². The Morgan fingerprint density at radius 1 is 1.39 bits per heavy atom. The maximum Gasteiger partial charge on any atom is 0.0992 e. The average molecular weight is 263 g/mol. The molecule has 1 saturated heterocycles. The van der Waals surface area contributed by atoms with Crippen LogP contribution in [0.25, 0.3) is 0 Å². The Labute approximate surface area is 114 Å². The SMILES string of the molecule is CC1CCCCCN1Cc1ccc(C#N)cc1Cl. The number of nitrogens with zero attached hydrogens (tertiary/aromatic N) is 2. The van der Waals surface area contributed by atoms with Gasteiger partial charge in [0.25, 0.3) is 0 Å². The first kappa shape index (κ1) is 13.4. The third-order valence-electron chi connectivity index (χ3n) is 3.75. The third-order valence-corrected chi connectivity index (χ3v) is 4.10. The largest absolute Gasteiger partial charge is 0.296 e. The normalized spacial score (nSPS) is 21.3. The van der Waals surface area contributed by atoms with Gasteiger partial charge in [0.1, 0.15) is 0 Å². The van der Waals surface area contributed by atoms with Crippen LogP contribution < -0.4 is 0 Å². The quantitative estimate of drug-likeness (QED) is 0.806. The molecular formula is C15H19ClN2. The molecule has 1 atom stereocenters. The molecule has 2 rings (SSSR count). The Balaban J connectivity index is 2.10. The lowest BCUT2D eigenvalue weighted by Crippen LogP contribution is -2.32. The minimum atomic E-state index is 0.624. The summed E-state index contributed by atoms with van der Waals surface area (Å²) in [6.45, 7) is 4.34. The zero-order valence-electron chi connectivity index (χ0n) is 10.8. The van der Waals surface area contributed by atoms with Gasteiger partial charge in [-0.05, 0) is 44.0 Å². The molecule has 1 aromatic rings. The standard InChI is InChI=1S/C15H19ClN2/c1-12-5-3-2-4-8-18(12)11-14-7-6-13(10-17)9-15(14)16/h6-7,9,12H,2-5,8,11H2,1H3. The maximum absolute atomic E-state index is 8.83. The highest BCUT2D eigenvalue weighted by Gasteiger charge is 2.17. The monoisotopic (exact) mass is 262 g/mol. The molecule has 18 heavy (non-hydrogen) atoms. The molecule has 1 aliphatic rings. The smallest absolute Gasteiger partial charge is 0.0992 e. The fourth-order valence-corrected chi connectivity index (χ4v) is 2.77. The van der Waals surface area contributed by atoms with Crippen LogP contribution in [0.15, 0.2) is 18.2 Å². The Morgan fingerprint density at radius 2 is 2.22 bits per heavy atom. The number of nitriles is 1. The van der Waals surface area contributed by atoms with Crippen molar-refractivity contribution >= 4 is 11.6 Å². The van der Waals surface area contributed by atoms with E-state index in [1.165, 1.54) is 25.7 Å². The number of benzene rings is 1. The maximum atomic E-state index is 8.83. The minimum Gasteiger partial charge on any atom is -0.296 e. The molecule has 0 radical (unpaired) electrons. The van der Waals surface area contributed by atoms with Crippen molar-refractivity contribution in [3.63, 3.8) is 0 Å². The van der Waals surface area contributed by atoms with Crippen LogP contribution in [0.4, 0.5) is 0 Å². The number of rotatable bonds is 2. The number of hydrogen-bond donors (Lipinski definition) is 0. The summed E-state index contributed by atoms with van der Waals surface area (Å²) in [7, 11) is 0. The summed E-state index contributed by atoms with van der Waals surface area (Å²) in [6.07, 6.45) is 5.22. The summed E-state index contributed by atoms with van der Waals surface area (Å²) in [5.74, 6) is 0. The van der Waals surface area contributed by atoms with E-state index in [1.54, 1.807) is 6.07 Å². The van der Waals surface area contributed by atoms with Gasteiger partial charge in [0, 0.05) is 17.6 Å². The van der Waals surface area contributed by atoms with Gasteiger partial charge >= 0.3 is 0 Å². The molecule has 0 N–H and O–H groups in total. The molecule has 1 unspecified atom stereocenters. The highest BCUT2D eigenvalue weighted by atomic mass is 35.5. The number of halogens is 1. The van der Waals surface area contributed by atoms with Crippen molar-refractivity contribution in [2.75, 3.05) is 6.54 Å². The van der Waals surface area contributed by atoms with E-state index in [-0.39, 0.29) is 0 Å². The van der Waals surface area contributed by atoms with Crippen LogP contribution in [0.5, 0.6) is 0 Å². The van der Waals surface area contributed by atoms with Crippen LogP contribution in [0.1, 0.15) is 43.7 Å². The van der Waals surface area contributed by atoms with Crippen LogP contribution in [0, 0.1) is 11.3 Å². The lowest BCUT2D eigenvalue weighted by molar-refractivity contribution is 0.205. The third kappa shape index (κ3) is 3.25. The molecule has 0 aromatic heterocycles. The van der Waals surface area contributed by atoms with Gasteiger partial charge in [-0.25, -0.2) is 0 Å². The number of likely N-dealkylation sites (tertiary alicyclic amines) is 1. The summed E-state index contributed by atoms with van der Waals surface area (Å²) in [5.41, 5.74) is 1.76. The highest BCUT2D eigenvalue weighted by Crippen LogP contribution is 2.23. The predicted octanol–water partition coefficient (Wildman–Crippen LogP) is 3.98. The minimum absolute atomic E-state index is 0.624. The second-order valence-corrected chi connectivity index (χ2v) is 5.49. The van der Waals surface area contributed by atoms with Gasteiger partial charge in [0.2, 0.25) is 0 Å². The summed E-state index contributed by atoms with van der Waals surface area (Å²) < 4.78 is 0.